The van der Waals surface area contributed by atoms with Crippen LogP contribution in [-0.2, 0) is 6.42 Å². The standard InChI is InChI=1S/C12H20N2O/c1-8(2)5-10(13)6-9-3-4-12(15)11(14)7-9/h3-4,7-8,10,15H,5-6,13-14H2,1-2H3/t10-/m1/s1. The number of nitrogen functional groups attached to an aromatic ring is 1. The van der Waals surface area contributed by atoms with Crippen molar-refractivity contribution in [3.63, 3.8) is 0 Å². The smallest absolute Gasteiger partial charge is 0.138 e. The number of aromatic hydroxyl groups is 1. The second-order valence-electron chi connectivity index (χ2n) is 4.49. The van der Waals surface area contributed by atoms with E-state index in [1.165, 1.54) is 0 Å². The molecule has 0 bridgehead atoms. The Labute approximate surface area is 91.1 Å². The van der Waals surface area contributed by atoms with Crippen LogP contribution in [0.15, 0.2) is 18.2 Å². The van der Waals surface area contributed by atoms with Gasteiger partial charge in [0, 0.05) is 6.04 Å². The molecule has 0 saturated heterocycles. The molecule has 0 aliphatic carbocycles. The summed E-state index contributed by atoms with van der Waals surface area (Å²) in [6.07, 6.45) is 1.81. The van der Waals surface area contributed by atoms with E-state index in [-0.39, 0.29) is 11.8 Å². The minimum absolute atomic E-state index is 0.135. The van der Waals surface area contributed by atoms with Crippen LogP contribution in [-0.4, -0.2) is 11.1 Å². The molecule has 84 valence electrons. The first kappa shape index (κ1) is 11.9. The van der Waals surface area contributed by atoms with Gasteiger partial charge in [0.05, 0.1) is 5.69 Å². The Morgan fingerprint density at radius 3 is 2.53 bits per heavy atom. The molecule has 0 radical (unpaired) electrons. The van der Waals surface area contributed by atoms with E-state index in [0.29, 0.717) is 11.6 Å². The third-order valence-corrected chi connectivity index (χ3v) is 2.36. The van der Waals surface area contributed by atoms with Gasteiger partial charge in [0.2, 0.25) is 0 Å². The summed E-state index contributed by atoms with van der Waals surface area (Å²) in [5.74, 6) is 0.741. The highest BCUT2D eigenvalue weighted by Crippen LogP contribution is 2.21. The summed E-state index contributed by atoms with van der Waals surface area (Å²) < 4.78 is 0. The number of benzene rings is 1. The van der Waals surface area contributed by atoms with Crippen LogP contribution >= 0.6 is 0 Å². The molecule has 1 aromatic carbocycles. The average Bonchev–Trinajstić information content (AvgIpc) is 2.10. The van der Waals surface area contributed by atoms with Crippen molar-refractivity contribution in [3.05, 3.63) is 23.8 Å². The van der Waals surface area contributed by atoms with Gasteiger partial charge in [-0.1, -0.05) is 19.9 Å². The quantitative estimate of drug-likeness (QED) is 0.522. The lowest BCUT2D eigenvalue weighted by atomic mass is 9.98. The first-order valence-corrected chi connectivity index (χ1v) is 5.32. The van der Waals surface area contributed by atoms with E-state index in [9.17, 15) is 5.11 Å². The molecule has 5 N–H and O–H groups in total. The summed E-state index contributed by atoms with van der Waals surface area (Å²) in [6, 6.07) is 5.43. The molecule has 0 aliphatic heterocycles. The van der Waals surface area contributed by atoms with Crippen molar-refractivity contribution in [1.29, 1.82) is 0 Å². The molecule has 1 atom stereocenters. The molecular formula is C12H20N2O. The average molecular weight is 208 g/mol. The fourth-order valence-corrected chi connectivity index (χ4v) is 1.72. The summed E-state index contributed by atoms with van der Waals surface area (Å²) in [5, 5.41) is 9.27. The molecule has 0 heterocycles. The van der Waals surface area contributed by atoms with Crippen LogP contribution in [0.2, 0.25) is 0 Å². The molecule has 3 heteroatoms. The van der Waals surface area contributed by atoms with Gasteiger partial charge in [0.25, 0.3) is 0 Å². The summed E-state index contributed by atoms with van der Waals surface area (Å²) >= 11 is 0. The predicted octanol–water partition coefficient (Wildman–Crippen LogP) is 1.89. The van der Waals surface area contributed by atoms with Gasteiger partial charge in [-0.3, -0.25) is 0 Å². The number of phenolic OH excluding ortho intramolecular Hbond substituents is 1. The Morgan fingerprint density at radius 1 is 1.33 bits per heavy atom. The van der Waals surface area contributed by atoms with Crippen LogP contribution in [0.5, 0.6) is 5.75 Å². The van der Waals surface area contributed by atoms with Gasteiger partial charge >= 0.3 is 0 Å². The molecule has 3 nitrogen and oxygen atoms in total. The highest BCUT2D eigenvalue weighted by molar-refractivity contribution is 5.53. The zero-order valence-electron chi connectivity index (χ0n) is 9.40. The number of anilines is 1. The molecule has 15 heavy (non-hydrogen) atoms. The predicted molar refractivity (Wildman–Crippen MR) is 63.7 cm³/mol. The highest BCUT2D eigenvalue weighted by atomic mass is 16.3. The first-order valence-electron chi connectivity index (χ1n) is 5.32. The molecule has 0 aliphatic rings. The maximum Gasteiger partial charge on any atom is 0.138 e. The van der Waals surface area contributed by atoms with Gasteiger partial charge in [-0.05, 0) is 36.5 Å². The van der Waals surface area contributed by atoms with Crippen molar-refractivity contribution in [3.8, 4) is 5.75 Å². The van der Waals surface area contributed by atoms with Crippen molar-refractivity contribution in [2.75, 3.05) is 5.73 Å². The van der Waals surface area contributed by atoms with E-state index in [0.717, 1.165) is 18.4 Å². The number of rotatable bonds is 4. The number of hydrogen-bond donors (Lipinski definition) is 3. The summed E-state index contributed by atoms with van der Waals surface area (Å²) in [4.78, 5) is 0. The minimum atomic E-state index is 0.135. The maximum absolute atomic E-state index is 9.27. The van der Waals surface area contributed by atoms with Gasteiger partial charge in [-0.25, -0.2) is 0 Å². The van der Waals surface area contributed by atoms with Gasteiger partial charge in [0.15, 0.2) is 0 Å². The van der Waals surface area contributed by atoms with Crippen molar-refractivity contribution in [1.82, 2.24) is 0 Å². The van der Waals surface area contributed by atoms with Crippen molar-refractivity contribution < 1.29 is 5.11 Å². The van der Waals surface area contributed by atoms with Crippen molar-refractivity contribution in [2.24, 2.45) is 11.7 Å². The fourth-order valence-electron chi connectivity index (χ4n) is 1.72. The Kier molecular flexibility index (Phi) is 3.97. The largest absolute Gasteiger partial charge is 0.506 e. The van der Waals surface area contributed by atoms with E-state index >= 15 is 0 Å². The summed E-state index contributed by atoms with van der Waals surface area (Å²) in [7, 11) is 0. The van der Waals surface area contributed by atoms with Gasteiger partial charge < -0.3 is 16.6 Å². The second-order valence-corrected chi connectivity index (χ2v) is 4.49. The minimum Gasteiger partial charge on any atom is -0.506 e. The zero-order valence-corrected chi connectivity index (χ0v) is 9.40. The Bertz CT molecular complexity index is 323. The van der Waals surface area contributed by atoms with E-state index in [1.807, 2.05) is 6.07 Å². The summed E-state index contributed by atoms with van der Waals surface area (Å²) in [5.41, 5.74) is 13.1. The van der Waals surface area contributed by atoms with Crippen LogP contribution in [0.4, 0.5) is 5.69 Å². The lowest BCUT2D eigenvalue weighted by Gasteiger charge is -2.14. The fraction of sp³-hybridized carbons (Fsp3) is 0.500. The van der Waals surface area contributed by atoms with Crippen molar-refractivity contribution in [2.45, 2.75) is 32.7 Å². The SMILES string of the molecule is CC(C)C[C@@H](N)Cc1ccc(O)c(N)c1. The van der Waals surface area contributed by atoms with E-state index in [4.69, 9.17) is 11.5 Å². The van der Waals surface area contributed by atoms with E-state index in [2.05, 4.69) is 13.8 Å². The third kappa shape index (κ3) is 3.80. The van der Waals surface area contributed by atoms with Crippen LogP contribution in [0.3, 0.4) is 0 Å². The van der Waals surface area contributed by atoms with Crippen molar-refractivity contribution >= 4 is 5.69 Å². The third-order valence-electron chi connectivity index (χ3n) is 2.36. The van der Waals surface area contributed by atoms with Crippen LogP contribution in [0.25, 0.3) is 0 Å². The highest BCUT2D eigenvalue weighted by Gasteiger charge is 2.07. The van der Waals surface area contributed by atoms with Crippen LogP contribution in [0.1, 0.15) is 25.8 Å². The maximum atomic E-state index is 9.27. The topological polar surface area (TPSA) is 72.3 Å². The molecule has 0 saturated carbocycles. The van der Waals surface area contributed by atoms with E-state index in [1.54, 1.807) is 12.1 Å². The Hall–Kier alpha value is -1.22. The molecular weight excluding hydrogens is 188 g/mol. The molecule has 0 amide bonds. The van der Waals surface area contributed by atoms with Crippen LogP contribution < -0.4 is 11.5 Å². The molecule has 0 unspecified atom stereocenters. The number of nitrogens with two attached hydrogens (primary N) is 2. The van der Waals surface area contributed by atoms with E-state index < -0.39 is 0 Å². The normalized spacial score (nSPS) is 13.1. The lowest BCUT2D eigenvalue weighted by Crippen LogP contribution is -2.24. The number of phenols is 1. The Balaban J connectivity index is 2.60. The van der Waals surface area contributed by atoms with Gasteiger partial charge in [-0.2, -0.15) is 0 Å². The second kappa shape index (κ2) is 5.03. The zero-order chi connectivity index (χ0) is 11.4. The summed E-state index contributed by atoms with van der Waals surface area (Å²) in [6.45, 7) is 4.32. The molecule has 1 aromatic rings. The lowest BCUT2D eigenvalue weighted by molar-refractivity contribution is 0.476. The first-order chi connectivity index (χ1) is 6.99. The van der Waals surface area contributed by atoms with Crippen LogP contribution in [0, 0.1) is 5.92 Å². The monoisotopic (exact) mass is 208 g/mol. The molecule has 0 fully saturated rings. The van der Waals surface area contributed by atoms with Gasteiger partial charge in [-0.15, -0.1) is 0 Å². The molecule has 1 rings (SSSR count). The molecule has 0 aromatic heterocycles. The Morgan fingerprint density at radius 2 is 2.00 bits per heavy atom. The number of hydrogen-bond acceptors (Lipinski definition) is 3. The van der Waals surface area contributed by atoms with Gasteiger partial charge in [0.1, 0.15) is 5.75 Å². The molecule has 0 spiro atoms.